The van der Waals surface area contributed by atoms with Gasteiger partial charge in [-0.15, -0.1) is 9.05 Å². The maximum absolute atomic E-state index is 12.5. The third-order valence-corrected chi connectivity index (χ3v) is 9.41. The molecule has 3 N–H and O–H groups in total. The fraction of sp³-hybridized carbons (Fsp3) is 0.258. The molecule has 0 radical (unpaired) electrons. The summed E-state index contributed by atoms with van der Waals surface area (Å²) in [6.07, 6.45) is -1.00. The smallest absolute Gasteiger partial charge is 0.497 e. The zero-order valence-electron chi connectivity index (χ0n) is 24.2. The molecule has 1 unspecified atom stereocenters. The van der Waals surface area contributed by atoms with Crippen molar-refractivity contribution in [2.45, 2.75) is 30.1 Å². The van der Waals surface area contributed by atoms with Crippen molar-refractivity contribution in [3.63, 3.8) is 0 Å². The quantitative estimate of drug-likeness (QED) is 0.176. The van der Waals surface area contributed by atoms with Crippen LogP contribution in [0.25, 0.3) is 11.2 Å². The van der Waals surface area contributed by atoms with Crippen molar-refractivity contribution in [1.82, 2.24) is 19.5 Å². The number of fused-ring (bicyclic) bond motifs is 2. The summed E-state index contributed by atoms with van der Waals surface area (Å²) < 4.78 is 38.3. The highest BCUT2D eigenvalue weighted by atomic mass is 32.4. The Morgan fingerprint density at radius 1 is 0.933 bits per heavy atom. The van der Waals surface area contributed by atoms with Crippen molar-refractivity contribution in [3.8, 4) is 11.5 Å². The first-order valence-corrected chi connectivity index (χ1v) is 16.3. The number of ether oxygens (including phenoxy) is 4. The SMILES string of the molecule is COc1ccc(C(OC[C@H]2O[C@@H](n3cnc4c(=O)[nH]c(N)nc43)[C@@H]3O[P+](=S)O[C@@H]32)(c2ccccc2)c2ccc(OC)cc2)cc1. The number of imidazole rings is 1. The highest BCUT2D eigenvalue weighted by molar-refractivity contribution is 8.00. The van der Waals surface area contributed by atoms with E-state index in [-0.39, 0.29) is 23.7 Å². The molecular formula is C31H29N5O7PS+. The van der Waals surface area contributed by atoms with E-state index >= 15 is 0 Å². The van der Waals surface area contributed by atoms with Gasteiger partial charge in [-0.05, 0) is 41.0 Å². The van der Waals surface area contributed by atoms with Gasteiger partial charge >= 0.3 is 7.15 Å². The average molecular weight is 647 g/mol. The van der Waals surface area contributed by atoms with Gasteiger partial charge in [0, 0.05) is 0 Å². The molecule has 2 aromatic heterocycles. The van der Waals surface area contributed by atoms with Crippen LogP contribution in [0.5, 0.6) is 11.5 Å². The summed E-state index contributed by atoms with van der Waals surface area (Å²) in [6, 6.07) is 25.5. The van der Waals surface area contributed by atoms with E-state index in [0.717, 1.165) is 28.2 Å². The van der Waals surface area contributed by atoms with Crippen LogP contribution in [-0.2, 0) is 35.9 Å². The first-order chi connectivity index (χ1) is 21.9. The van der Waals surface area contributed by atoms with Crippen molar-refractivity contribution in [2.24, 2.45) is 0 Å². The molecule has 14 heteroatoms. The molecule has 0 aliphatic carbocycles. The van der Waals surface area contributed by atoms with E-state index in [0.29, 0.717) is 0 Å². The number of methoxy groups -OCH3 is 2. The minimum Gasteiger partial charge on any atom is -0.497 e. The molecule has 45 heavy (non-hydrogen) atoms. The van der Waals surface area contributed by atoms with Crippen LogP contribution in [-0.4, -0.2) is 58.7 Å². The first kappa shape index (κ1) is 29.5. The molecule has 0 spiro atoms. The number of hydrogen-bond donors (Lipinski definition) is 2. The van der Waals surface area contributed by atoms with Gasteiger partial charge in [0.25, 0.3) is 5.56 Å². The third-order valence-electron chi connectivity index (χ3n) is 8.06. The second kappa shape index (κ2) is 11.9. The Bertz CT molecular complexity index is 1850. The minimum absolute atomic E-state index is 0.0376. The van der Waals surface area contributed by atoms with E-state index in [2.05, 4.69) is 15.0 Å². The molecule has 0 saturated carbocycles. The predicted molar refractivity (Wildman–Crippen MR) is 169 cm³/mol. The molecule has 230 valence electrons. The summed E-state index contributed by atoms with van der Waals surface area (Å²) >= 11 is 5.45. The summed E-state index contributed by atoms with van der Waals surface area (Å²) in [5.74, 6) is 1.40. The monoisotopic (exact) mass is 646 g/mol. The molecule has 2 aliphatic heterocycles. The lowest BCUT2D eigenvalue weighted by molar-refractivity contribution is -0.0944. The maximum Gasteiger partial charge on any atom is 0.522 e. The van der Waals surface area contributed by atoms with E-state index in [9.17, 15) is 4.79 Å². The van der Waals surface area contributed by atoms with E-state index in [1.165, 1.54) is 6.33 Å². The van der Waals surface area contributed by atoms with Gasteiger partial charge in [0.1, 0.15) is 23.2 Å². The van der Waals surface area contributed by atoms with Gasteiger partial charge in [0.2, 0.25) is 17.8 Å². The van der Waals surface area contributed by atoms with Crippen molar-refractivity contribution in [3.05, 3.63) is 112 Å². The second-order valence-corrected chi connectivity index (χ2v) is 12.3. The molecule has 3 aromatic carbocycles. The van der Waals surface area contributed by atoms with Gasteiger partial charge < -0.3 is 24.7 Å². The number of rotatable bonds is 9. The summed E-state index contributed by atoms with van der Waals surface area (Å²) in [4.78, 5) is 23.5. The van der Waals surface area contributed by atoms with E-state index in [4.69, 9.17) is 45.5 Å². The van der Waals surface area contributed by atoms with E-state index < -0.39 is 42.9 Å². The van der Waals surface area contributed by atoms with E-state index in [1.54, 1.807) is 18.8 Å². The molecule has 5 aromatic rings. The van der Waals surface area contributed by atoms with Crippen LogP contribution in [0.2, 0.25) is 0 Å². The molecule has 12 nitrogen and oxygen atoms in total. The fourth-order valence-electron chi connectivity index (χ4n) is 5.94. The van der Waals surface area contributed by atoms with Gasteiger partial charge in [0.05, 0.1) is 27.2 Å². The van der Waals surface area contributed by atoms with Crippen LogP contribution in [0.3, 0.4) is 0 Å². The van der Waals surface area contributed by atoms with Crippen molar-refractivity contribution >= 4 is 36.1 Å². The van der Waals surface area contributed by atoms with Gasteiger partial charge in [0.15, 0.2) is 29.6 Å². The van der Waals surface area contributed by atoms with Crippen LogP contribution in [0.15, 0.2) is 90.0 Å². The number of nitrogens with one attached hydrogen (secondary N) is 1. The van der Waals surface area contributed by atoms with Gasteiger partial charge in [-0.3, -0.25) is 14.3 Å². The Kier molecular flexibility index (Phi) is 7.82. The zero-order chi connectivity index (χ0) is 31.1. The first-order valence-electron chi connectivity index (χ1n) is 14.1. The zero-order valence-corrected chi connectivity index (χ0v) is 25.9. The Hall–Kier alpha value is -4.23. The molecule has 5 atom stereocenters. The number of nitrogens with zero attached hydrogens (tertiary/aromatic N) is 3. The number of H-pyrrole nitrogens is 1. The largest absolute Gasteiger partial charge is 0.522 e. The fourth-order valence-corrected chi connectivity index (χ4v) is 7.46. The van der Waals surface area contributed by atoms with Gasteiger partial charge in [-0.2, -0.15) is 4.98 Å². The predicted octanol–water partition coefficient (Wildman–Crippen LogP) is 4.18. The van der Waals surface area contributed by atoms with Crippen LogP contribution in [0.4, 0.5) is 5.95 Å². The number of hydrogen-bond acceptors (Lipinski definition) is 11. The standard InChI is InChI=1S/C31H28N5O7PS/c1-38-21-12-8-19(9-13-21)31(18-6-4-3-5-7-18,20-10-14-22(39-2)15-11-20)40-16-23-25-26(43-44(45)42-25)29(41-23)36-17-33-24-27(36)34-30(32)35-28(24)37/h3-15,17,23,25-26,29H,16H2,1-2H3,(H2-,32,34,35,37)/p+1/t23-,25-,26-,29-/m1/s1. The lowest BCUT2D eigenvalue weighted by Crippen LogP contribution is -2.39. The number of nitrogens with two attached hydrogens (primary N) is 1. The Morgan fingerprint density at radius 2 is 1.53 bits per heavy atom. The third kappa shape index (κ3) is 5.17. The second-order valence-electron chi connectivity index (χ2n) is 10.5. The van der Waals surface area contributed by atoms with Crippen LogP contribution >= 0.6 is 7.15 Å². The summed E-state index contributed by atoms with van der Waals surface area (Å²) in [5, 5.41) is 0. The van der Waals surface area contributed by atoms with Crippen LogP contribution in [0.1, 0.15) is 22.9 Å². The van der Waals surface area contributed by atoms with Gasteiger partial charge in [-0.25, -0.2) is 4.98 Å². The summed E-state index contributed by atoms with van der Waals surface area (Å²) in [7, 11) is 1.67. The van der Waals surface area contributed by atoms with Crippen molar-refractivity contribution < 1.29 is 28.0 Å². The molecule has 2 saturated heterocycles. The summed E-state index contributed by atoms with van der Waals surface area (Å²) in [5.41, 5.74) is 7.38. The molecular weight excluding hydrogens is 617 g/mol. The lowest BCUT2D eigenvalue weighted by atomic mass is 9.80. The molecule has 4 heterocycles. The molecule has 2 fully saturated rings. The maximum atomic E-state index is 12.5. The normalized spacial score (nSPS) is 22.0. The minimum atomic E-state index is -1.59. The van der Waals surface area contributed by atoms with Crippen molar-refractivity contribution in [1.29, 1.82) is 0 Å². The number of aromatic nitrogens is 4. The Balaban J connectivity index is 1.30. The number of anilines is 1. The van der Waals surface area contributed by atoms with Crippen LogP contribution in [0, 0.1) is 0 Å². The van der Waals surface area contributed by atoms with Crippen LogP contribution < -0.4 is 20.8 Å². The molecule has 0 amide bonds. The van der Waals surface area contributed by atoms with E-state index in [1.807, 2.05) is 78.9 Å². The molecule has 2 aliphatic rings. The topological polar surface area (TPSA) is 145 Å². The number of aromatic amines is 1. The summed E-state index contributed by atoms with van der Waals surface area (Å²) in [6.45, 7) is 0.0925. The molecule has 7 rings (SSSR count). The lowest BCUT2D eigenvalue weighted by Gasteiger charge is -2.37. The van der Waals surface area contributed by atoms with Gasteiger partial charge in [-0.1, -0.05) is 54.6 Å². The molecule has 0 bridgehead atoms. The average Bonchev–Trinajstić information content (AvgIpc) is 3.76. The highest BCUT2D eigenvalue weighted by Crippen LogP contribution is 2.50. The number of nitrogen functional groups attached to an aromatic ring is 1. The van der Waals surface area contributed by atoms with Crippen molar-refractivity contribution in [2.75, 3.05) is 26.6 Å². The Labute approximate surface area is 263 Å². The Morgan fingerprint density at radius 3 is 2.16 bits per heavy atom. The number of benzene rings is 3. The highest BCUT2D eigenvalue weighted by Gasteiger charge is 2.60.